The van der Waals surface area contributed by atoms with Gasteiger partial charge in [0.25, 0.3) is 5.91 Å². The summed E-state index contributed by atoms with van der Waals surface area (Å²) < 4.78 is 0.962. The second-order valence-corrected chi connectivity index (χ2v) is 4.30. The lowest BCUT2D eigenvalue weighted by Crippen LogP contribution is -2.36. The van der Waals surface area contributed by atoms with Crippen molar-refractivity contribution < 1.29 is 4.79 Å². The van der Waals surface area contributed by atoms with Crippen LogP contribution >= 0.6 is 15.9 Å². The highest BCUT2D eigenvalue weighted by Gasteiger charge is 2.06. The van der Waals surface area contributed by atoms with Crippen LogP contribution in [-0.4, -0.2) is 18.5 Å². The van der Waals surface area contributed by atoms with E-state index in [0.29, 0.717) is 12.1 Å². The number of hydrogen-bond donors (Lipinski definition) is 2. The Hall–Kier alpha value is -0.870. The minimum atomic E-state index is -0.0774. The lowest BCUT2D eigenvalue weighted by Gasteiger charge is -2.10. The van der Waals surface area contributed by atoms with E-state index in [2.05, 4.69) is 21.2 Å². The maximum absolute atomic E-state index is 11.6. The lowest BCUT2D eigenvalue weighted by molar-refractivity contribution is 0.0951. The molecule has 1 rings (SSSR count). The number of nitrogens with two attached hydrogens (primary N) is 1. The number of amides is 1. The van der Waals surface area contributed by atoms with Gasteiger partial charge in [0.1, 0.15) is 0 Å². The average molecular weight is 271 g/mol. The summed E-state index contributed by atoms with van der Waals surface area (Å²) in [5, 5.41) is 2.79. The molecule has 1 aromatic rings. The van der Waals surface area contributed by atoms with Crippen molar-refractivity contribution >= 4 is 21.8 Å². The van der Waals surface area contributed by atoms with Gasteiger partial charge in [0.05, 0.1) is 0 Å². The fourth-order valence-corrected chi connectivity index (χ4v) is 1.34. The first-order valence-electron chi connectivity index (χ1n) is 4.92. The van der Waals surface area contributed by atoms with Crippen molar-refractivity contribution in [1.29, 1.82) is 0 Å². The van der Waals surface area contributed by atoms with E-state index < -0.39 is 0 Å². The molecule has 1 atom stereocenters. The highest BCUT2D eigenvalue weighted by atomic mass is 79.9. The van der Waals surface area contributed by atoms with Gasteiger partial charge in [-0.25, -0.2) is 0 Å². The van der Waals surface area contributed by atoms with Crippen molar-refractivity contribution in [3.8, 4) is 0 Å². The van der Waals surface area contributed by atoms with Crippen LogP contribution in [0.1, 0.15) is 23.7 Å². The summed E-state index contributed by atoms with van der Waals surface area (Å²) in [6, 6.07) is 7.27. The van der Waals surface area contributed by atoms with E-state index in [4.69, 9.17) is 5.73 Å². The SMILES string of the molecule is CCC(N)CNC(=O)c1ccc(Br)cc1. The second-order valence-electron chi connectivity index (χ2n) is 3.39. The molecule has 1 aromatic carbocycles. The summed E-state index contributed by atoms with van der Waals surface area (Å²) >= 11 is 3.32. The summed E-state index contributed by atoms with van der Waals surface area (Å²) in [6.07, 6.45) is 0.862. The molecule has 0 aliphatic heterocycles. The van der Waals surface area contributed by atoms with Gasteiger partial charge in [-0.2, -0.15) is 0 Å². The number of nitrogens with one attached hydrogen (secondary N) is 1. The maximum atomic E-state index is 11.6. The first-order valence-corrected chi connectivity index (χ1v) is 5.72. The zero-order chi connectivity index (χ0) is 11.3. The van der Waals surface area contributed by atoms with Crippen LogP contribution < -0.4 is 11.1 Å². The molecule has 0 heterocycles. The molecule has 3 N–H and O–H groups in total. The number of carbonyl (C=O) groups excluding carboxylic acids is 1. The Morgan fingerprint density at radius 3 is 2.60 bits per heavy atom. The van der Waals surface area contributed by atoms with E-state index in [9.17, 15) is 4.79 Å². The van der Waals surface area contributed by atoms with E-state index >= 15 is 0 Å². The molecule has 0 bridgehead atoms. The van der Waals surface area contributed by atoms with Crippen LogP contribution in [0.5, 0.6) is 0 Å². The zero-order valence-corrected chi connectivity index (χ0v) is 10.3. The first kappa shape index (κ1) is 12.2. The average Bonchev–Trinajstić information content (AvgIpc) is 2.26. The third-order valence-electron chi connectivity index (χ3n) is 2.16. The van der Waals surface area contributed by atoms with Crippen LogP contribution in [0.4, 0.5) is 0 Å². The Bertz CT molecular complexity index is 324. The minimum Gasteiger partial charge on any atom is -0.350 e. The third kappa shape index (κ3) is 4.01. The highest BCUT2D eigenvalue weighted by Crippen LogP contribution is 2.10. The van der Waals surface area contributed by atoms with Crippen LogP contribution in [0, 0.1) is 0 Å². The Morgan fingerprint density at radius 1 is 1.47 bits per heavy atom. The Kier molecular flexibility index (Phi) is 4.78. The highest BCUT2D eigenvalue weighted by molar-refractivity contribution is 9.10. The largest absolute Gasteiger partial charge is 0.350 e. The number of hydrogen-bond acceptors (Lipinski definition) is 2. The van der Waals surface area contributed by atoms with Gasteiger partial charge in [-0.05, 0) is 30.7 Å². The van der Waals surface area contributed by atoms with E-state index in [-0.39, 0.29) is 11.9 Å². The fourth-order valence-electron chi connectivity index (χ4n) is 1.07. The normalized spacial score (nSPS) is 12.2. The molecule has 0 saturated heterocycles. The second kappa shape index (κ2) is 5.88. The molecule has 0 radical (unpaired) electrons. The predicted octanol–water partition coefficient (Wildman–Crippen LogP) is 1.92. The lowest BCUT2D eigenvalue weighted by atomic mass is 10.2. The van der Waals surface area contributed by atoms with Crippen molar-refractivity contribution in [2.75, 3.05) is 6.54 Å². The van der Waals surface area contributed by atoms with Crippen molar-refractivity contribution in [3.63, 3.8) is 0 Å². The number of halogens is 1. The van der Waals surface area contributed by atoms with Gasteiger partial charge in [0.2, 0.25) is 0 Å². The zero-order valence-electron chi connectivity index (χ0n) is 8.66. The smallest absolute Gasteiger partial charge is 0.251 e. The van der Waals surface area contributed by atoms with Gasteiger partial charge < -0.3 is 11.1 Å². The van der Waals surface area contributed by atoms with E-state index in [1.807, 2.05) is 19.1 Å². The minimum absolute atomic E-state index is 0.0319. The molecule has 0 fully saturated rings. The molecule has 82 valence electrons. The standard InChI is InChI=1S/C11H15BrN2O/c1-2-10(13)7-14-11(15)8-3-5-9(12)6-4-8/h3-6,10H,2,7,13H2,1H3,(H,14,15). The number of benzene rings is 1. The fraction of sp³-hybridized carbons (Fsp3) is 0.364. The Morgan fingerprint density at radius 2 is 2.07 bits per heavy atom. The summed E-state index contributed by atoms with van der Waals surface area (Å²) in [5.74, 6) is -0.0774. The molecule has 0 saturated carbocycles. The molecular formula is C11H15BrN2O. The van der Waals surface area contributed by atoms with E-state index in [1.54, 1.807) is 12.1 Å². The molecule has 0 aliphatic carbocycles. The maximum Gasteiger partial charge on any atom is 0.251 e. The van der Waals surface area contributed by atoms with Gasteiger partial charge in [-0.15, -0.1) is 0 Å². The first-order chi connectivity index (χ1) is 7.13. The van der Waals surface area contributed by atoms with Crippen molar-refractivity contribution in [2.45, 2.75) is 19.4 Å². The molecule has 0 aromatic heterocycles. The monoisotopic (exact) mass is 270 g/mol. The molecule has 1 amide bonds. The van der Waals surface area contributed by atoms with Gasteiger partial charge in [-0.3, -0.25) is 4.79 Å². The van der Waals surface area contributed by atoms with Gasteiger partial charge in [0, 0.05) is 22.6 Å². The molecule has 0 aliphatic rings. The van der Waals surface area contributed by atoms with E-state index in [0.717, 1.165) is 10.9 Å². The summed E-state index contributed by atoms with van der Waals surface area (Å²) in [6.45, 7) is 2.52. The van der Waals surface area contributed by atoms with Crippen molar-refractivity contribution in [1.82, 2.24) is 5.32 Å². The van der Waals surface area contributed by atoms with Crippen LogP contribution in [-0.2, 0) is 0 Å². The number of rotatable bonds is 4. The van der Waals surface area contributed by atoms with Crippen molar-refractivity contribution in [3.05, 3.63) is 34.3 Å². The molecule has 0 spiro atoms. The quantitative estimate of drug-likeness (QED) is 0.879. The van der Waals surface area contributed by atoms with Crippen LogP contribution in [0.25, 0.3) is 0 Å². The topological polar surface area (TPSA) is 55.1 Å². The Labute approximate surface area is 98.2 Å². The van der Waals surface area contributed by atoms with Crippen molar-refractivity contribution in [2.24, 2.45) is 5.73 Å². The van der Waals surface area contributed by atoms with E-state index in [1.165, 1.54) is 0 Å². The van der Waals surface area contributed by atoms with Crippen LogP contribution in [0.3, 0.4) is 0 Å². The van der Waals surface area contributed by atoms with Gasteiger partial charge >= 0.3 is 0 Å². The number of carbonyl (C=O) groups is 1. The van der Waals surface area contributed by atoms with Crippen LogP contribution in [0.15, 0.2) is 28.7 Å². The molecule has 3 nitrogen and oxygen atoms in total. The summed E-state index contributed by atoms with van der Waals surface area (Å²) in [4.78, 5) is 11.6. The molecule has 1 unspecified atom stereocenters. The molecular weight excluding hydrogens is 256 g/mol. The van der Waals surface area contributed by atoms with Gasteiger partial charge in [0.15, 0.2) is 0 Å². The molecule has 15 heavy (non-hydrogen) atoms. The predicted molar refractivity (Wildman–Crippen MR) is 64.7 cm³/mol. The summed E-state index contributed by atoms with van der Waals surface area (Å²) in [7, 11) is 0. The van der Waals surface area contributed by atoms with Crippen LogP contribution in [0.2, 0.25) is 0 Å². The third-order valence-corrected chi connectivity index (χ3v) is 2.68. The summed E-state index contributed by atoms with van der Waals surface area (Å²) in [5.41, 5.74) is 6.36. The molecule has 4 heteroatoms. The van der Waals surface area contributed by atoms with Gasteiger partial charge in [-0.1, -0.05) is 22.9 Å². The Balaban J connectivity index is 2.50.